The van der Waals surface area contributed by atoms with Gasteiger partial charge in [-0.15, -0.1) is 0 Å². The smallest absolute Gasteiger partial charge is 0.262 e. The number of rotatable bonds is 7. The van der Waals surface area contributed by atoms with Crippen LogP contribution in [0.15, 0.2) is 27.8 Å². The largest absolute Gasteiger partial charge is 0.493 e. The molecule has 1 heterocycles. The Hall–Kier alpha value is -2.56. The fourth-order valence-electron chi connectivity index (χ4n) is 3.96. The molecule has 2 aromatic rings. The Kier molecular flexibility index (Phi) is 6.90. The molecule has 5 nitrogen and oxygen atoms in total. The van der Waals surface area contributed by atoms with E-state index in [1.54, 1.807) is 6.08 Å². The summed E-state index contributed by atoms with van der Waals surface area (Å²) in [5.74, 6) is 1.78. The number of hydrogen-bond donors (Lipinski definition) is 2. The van der Waals surface area contributed by atoms with Crippen molar-refractivity contribution in [2.75, 3.05) is 6.61 Å². The van der Waals surface area contributed by atoms with Crippen molar-refractivity contribution in [3.05, 3.63) is 60.7 Å². The third-order valence-electron chi connectivity index (χ3n) is 5.52. The van der Waals surface area contributed by atoms with E-state index < -0.39 is 11.1 Å². The lowest BCUT2D eigenvalue weighted by Gasteiger charge is -2.21. The molecule has 1 aromatic carbocycles. The number of ether oxygens (including phenoxy) is 1. The van der Waals surface area contributed by atoms with Gasteiger partial charge in [-0.05, 0) is 55.0 Å². The molecule has 150 valence electrons. The predicted octanol–water partition coefficient (Wildman–Crippen LogP) is 2.74. The highest BCUT2D eigenvalue weighted by molar-refractivity contribution is 5.52. The number of H-pyrrole nitrogens is 2. The Labute approximate surface area is 165 Å². The van der Waals surface area contributed by atoms with Gasteiger partial charge in [0.2, 0.25) is 0 Å². The Bertz CT molecular complexity index is 976. The van der Waals surface area contributed by atoms with Crippen LogP contribution in [0.25, 0.3) is 12.7 Å². The summed E-state index contributed by atoms with van der Waals surface area (Å²) in [4.78, 5) is 28.9. The molecule has 1 aliphatic rings. The number of unbranched alkanes of at least 4 members (excludes halogenated alkanes) is 1. The Balaban J connectivity index is 1.57. The Morgan fingerprint density at radius 2 is 1.82 bits per heavy atom. The lowest BCUT2D eigenvalue weighted by Crippen LogP contribution is -2.47. The Morgan fingerprint density at radius 1 is 1.11 bits per heavy atom. The van der Waals surface area contributed by atoms with Crippen LogP contribution in [0.1, 0.15) is 62.5 Å². The van der Waals surface area contributed by atoms with Crippen LogP contribution >= 0.6 is 0 Å². The van der Waals surface area contributed by atoms with Crippen molar-refractivity contribution in [2.24, 2.45) is 5.92 Å². The van der Waals surface area contributed by atoms with Crippen LogP contribution in [0.2, 0.25) is 0 Å². The standard InChI is InChI=1S/C23H30N2O3/c1-16-14-19(15-20-22(26)24-17(2)25-23(20)27)11-12-21(16)28-13-7-6-10-18-8-4-3-5-9-18/h11-12,14-15,18H,2-10,13H2,1H3,(H,24,26)(H,25,27). The van der Waals surface area contributed by atoms with Gasteiger partial charge in [0.25, 0.3) is 11.1 Å². The summed E-state index contributed by atoms with van der Waals surface area (Å²) in [5, 5.41) is 0.0724. The van der Waals surface area contributed by atoms with Crippen molar-refractivity contribution in [1.29, 1.82) is 0 Å². The van der Waals surface area contributed by atoms with Gasteiger partial charge in [0.1, 0.15) is 16.4 Å². The third kappa shape index (κ3) is 5.47. The summed E-state index contributed by atoms with van der Waals surface area (Å²) in [6, 6.07) is 5.69. The number of nitrogens with one attached hydrogen (secondary N) is 2. The van der Waals surface area contributed by atoms with Crippen molar-refractivity contribution in [1.82, 2.24) is 9.97 Å². The van der Waals surface area contributed by atoms with E-state index in [2.05, 4.69) is 16.5 Å². The number of benzene rings is 1. The normalized spacial score (nSPS) is 14.8. The molecule has 0 atom stereocenters. The van der Waals surface area contributed by atoms with Crippen LogP contribution in [0.3, 0.4) is 0 Å². The van der Waals surface area contributed by atoms with Gasteiger partial charge in [-0.3, -0.25) is 9.59 Å². The Morgan fingerprint density at radius 3 is 2.50 bits per heavy atom. The van der Waals surface area contributed by atoms with E-state index in [0.717, 1.165) is 35.8 Å². The minimum atomic E-state index is -0.440. The van der Waals surface area contributed by atoms with Gasteiger partial charge in [-0.1, -0.05) is 51.2 Å². The van der Waals surface area contributed by atoms with Crippen LogP contribution in [0.4, 0.5) is 0 Å². The fraction of sp³-hybridized carbons (Fsp3) is 0.478. The maximum Gasteiger partial charge on any atom is 0.262 e. The van der Waals surface area contributed by atoms with E-state index in [0.29, 0.717) is 0 Å². The van der Waals surface area contributed by atoms with Crippen molar-refractivity contribution in [3.8, 4) is 5.75 Å². The summed E-state index contributed by atoms with van der Waals surface area (Å²) in [6.45, 7) is 6.24. The van der Waals surface area contributed by atoms with E-state index in [1.165, 1.54) is 44.9 Å². The lowest BCUT2D eigenvalue weighted by molar-refractivity contribution is 0.282. The first kappa shape index (κ1) is 20.2. The number of aromatic amines is 2. The van der Waals surface area contributed by atoms with Gasteiger partial charge in [0.15, 0.2) is 0 Å². The summed E-state index contributed by atoms with van der Waals surface area (Å²) >= 11 is 0. The molecule has 0 bridgehead atoms. The van der Waals surface area contributed by atoms with E-state index >= 15 is 0 Å². The second kappa shape index (κ2) is 9.58. The first-order valence-electron chi connectivity index (χ1n) is 10.3. The van der Waals surface area contributed by atoms with Crippen molar-refractivity contribution in [3.63, 3.8) is 0 Å². The number of hydrogen-bond acceptors (Lipinski definition) is 3. The highest BCUT2D eigenvalue weighted by Crippen LogP contribution is 2.27. The van der Waals surface area contributed by atoms with Crippen LogP contribution < -0.4 is 26.6 Å². The molecule has 5 heteroatoms. The average molecular weight is 383 g/mol. The van der Waals surface area contributed by atoms with E-state index in [4.69, 9.17) is 4.74 Å². The van der Waals surface area contributed by atoms with E-state index in [-0.39, 0.29) is 10.7 Å². The fourth-order valence-corrected chi connectivity index (χ4v) is 3.96. The molecular formula is C23H30N2O3. The molecule has 0 aliphatic heterocycles. The summed E-state index contributed by atoms with van der Waals surface area (Å²) in [7, 11) is 0. The highest BCUT2D eigenvalue weighted by atomic mass is 16.5. The highest BCUT2D eigenvalue weighted by Gasteiger charge is 2.12. The van der Waals surface area contributed by atoms with Gasteiger partial charge in [-0.2, -0.15) is 0 Å². The molecule has 2 N–H and O–H groups in total. The first-order valence-corrected chi connectivity index (χ1v) is 10.3. The maximum absolute atomic E-state index is 12.0. The first-order chi connectivity index (χ1) is 13.5. The molecule has 28 heavy (non-hydrogen) atoms. The predicted molar refractivity (Wildman–Crippen MR) is 113 cm³/mol. The molecule has 0 spiro atoms. The summed E-state index contributed by atoms with van der Waals surface area (Å²) in [5.41, 5.74) is 1.10. The summed E-state index contributed by atoms with van der Waals surface area (Å²) in [6.07, 6.45) is 12.2. The molecule has 0 unspecified atom stereocenters. The quantitative estimate of drug-likeness (QED) is 0.723. The zero-order chi connectivity index (χ0) is 19.9. The second-order valence-electron chi connectivity index (χ2n) is 7.82. The zero-order valence-corrected chi connectivity index (χ0v) is 16.7. The molecule has 0 amide bonds. The maximum atomic E-state index is 12.0. The van der Waals surface area contributed by atoms with Crippen molar-refractivity contribution >= 4 is 12.7 Å². The number of aromatic nitrogens is 2. The minimum Gasteiger partial charge on any atom is -0.493 e. The molecule has 1 fully saturated rings. The van der Waals surface area contributed by atoms with Gasteiger partial charge in [0, 0.05) is 0 Å². The van der Waals surface area contributed by atoms with Crippen LogP contribution in [-0.2, 0) is 0 Å². The van der Waals surface area contributed by atoms with E-state index in [9.17, 15) is 9.59 Å². The summed E-state index contributed by atoms with van der Waals surface area (Å²) < 4.78 is 5.94. The second-order valence-corrected chi connectivity index (χ2v) is 7.82. The topological polar surface area (TPSA) is 75.0 Å². The van der Waals surface area contributed by atoms with E-state index in [1.807, 2.05) is 25.1 Å². The SMILES string of the molecule is C=c1[nH]c(=O)c(=Cc2ccc(OCCCCC3CCCCC3)c(C)c2)c(=O)[nH]1. The molecule has 1 saturated carbocycles. The van der Waals surface area contributed by atoms with Gasteiger partial charge >= 0.3 is 0 Å². The molecule has 0 radical (unpaired) electrons. The van der Waals surface area contributed by atoms with Crippen LogP contribution in [0.5, 0.6) is 5.75 Å². The van der Waals surface area contributed by atoms with Crippen LogP contribution in [-0.4, -0.2) is 16.6 Å². The van der Waals surface area contributed by atoms with Crippen molar-refractivity contribution in [2.45, 2.75) is 58.3 Å². The van der Waals surface area contributed by atoms with Gasteiger partial charge < -0.3 is 14.7 Å². The lowest BCUT2D eigenvalue weighted by atomic mass is 9.86. The van der Waals surface area contributed by atoms with Crippen molar-refractivity contribution < 1.29 is 4.74 Å². The molecule has 0 saturated heterocycles. The molecule has 3 rings (SSSR count). The molecule has 1 aromatic heterocycles. The average Bonchev–Trinajstić information content (AvgIpc) is 2.66. The zero-order valence-electron chi connectivity index (χ0n) is 16.7. The van der Waals surface area contributed by atoms with Crippen LogP contribution in [0, 0.1) is 12.8 Å². The molecule has 1 aliphatic carbocycles. The monoisotopic (exact) mass is 382 g/mol. The molecular weight excluding hydrogens is 352 g/mol. The third-order valence-corrected chi connectivity index (χ3v) is 5.52. The minimum absolute atomic E-state index is 0.0724. The van der Waals surface area contributed by atoms with Gasteiger partial charge in [0.05, 0.1) is 6.61 Å². The van der Waals surface area contributed by atoms with Gasteiger partial charge in [-0.25, -0.2) is 0 Å². The number of aryl methyl sites for hydroxylation is 1.